The lowest BCUT2D eigenvalue weighted by molar-refractivity contribution is 0.711. The maximum Gasteiger partial charge on any atom is 0.125 e. The summed E-state index contributed by atoms with van der Waals surface area (Å²) in [6, 6.07) is 8.52. The van der Waals surface area contributed by atoms with E-state index in [0.29, 0.717) is 0 Å². The zero-order valence-corrected chi connectivity index (χ0v) is 12.0. The lowest BCUT2D eigenvalue weighted by Gasteiger charge is -2.01. The molecule has 98 valence electrons. The Balaban J connectivity index is 2.07. The van der Waals surface area contributed by atoms with Crippen LogP contribution in [0.4, 0.5) is 0 Å². The van der Waals surface area contributed by atoms with Crippen molar-refractivity contribution in [2.24, 2.45) is 0 Å². The smallest absolute Gasteiger partial charge is 0.125 e. The van der Waals surface area contributed by atoms with Gasteiger partial charge in [0, 0.05) is 33.7 Å². The molecule has 19 heavy (non-hydrogen) atoms. The summed E-state index contributed by atoms with van der Waals surface area (Å²) in [5.74, 6) is 0. The summed E-state index contributed by atoms with van der Waals surface area (Å²) < 4.78 is 0. The van der Waals surface area contributed by atoms with Crippen LogP contribution in [0, 0.1) is 0 Å². The number of H-pyrrole nitrogens is 1. The Kier molecular flexibility index (Phi) is 3.65. The second-order valence-corrected chi connectivity index (χ2v) is 5.71. The van der Waals surface area contributed by atoms with Crippen molar-refractivity contribution in [1.29, 1.82) is 0 Å². The number of rotatable bonds is 5. The van der Waals surface area contributed by atoms with Gasteiger partial charge >= 0.3 is 0 Å². The molecule has 0 fully saturated rings. The third kappa shape index (κ3) is 2.43. The van der Waals surface area contributed by atoms with Crippen LogP contribution in [-0.4, -0.2) is 9.97 Å². The fourth-order valence-corrected chi connectivity index (χ4v) is 3.25. The third-order valence-corrected chi connectivity index (χ3v) is 4.25. The Bertz CT molecular complexity index is 653. The van der Waals surface area contributed by atoms with E-state index >= 15 is 0 Å². The number of aryl methyl sites for hydroxylation is 1. The molecule has 3 aromatic rings. The van der Waals surface area contributed by atoms with E-state index in [1.165, 1.54) is 41.4 Å². The molecule has 0 spiro atoms. The van der Waals surface area contributed by atoms with Gasteiger partial charge in [0.2, 0.25) is 0 Å². The first-order chi connectivity index (χ1) is 9.40. The number of hydrogen-bond acceptors (Lipinski definition) is 2. The van der Waals surface area contributed by atoms with Gasteiger partial charge in [-0.15, -0.1) is 11.3 Å². The summed E-state index contributed by atoms with van der Waals surface area (Å²) >= 11 is 1.72. The number of fused-ring (bicyclic) bond motifs is 1. The minimum atomic E-state index is 1.11. The fourth-order valence-electron chi connectivity index (χ4n) is 2.53. The highest BCUT2D eigenvalue weighted by molar-refractivity contribution is 7.13. The molecular formula is C16H18N2S. The van der Waals surface area contributed by atoms with Crippen molar-refractivity contribution in [1.82, 2.24) is 9.97 Å². The van der Waals surface area contributed by atoms with Gasteiger partial charge in [-0.25, -0.2) is 4.98 Å². The van der Waals surface area contributed by atoms with Crippen molar-refractivity contribution in [3.8, 4) is 10.6 Å². The summed E-state index contributed by atoms with van der Waals surface area (Å²) in [6.45, 7) is 2.24. The molecule has 2 heterocycles. The van der Waals surface area contributed by atoms with E-state index in [1.807, 2.05) is 11.6 Å². The molecule has 0 aliphatic carbocycles. The standard InChI is InChI=1S/C16H18N2S/c1-2-3-4-9-14-15(16-17-10-11-19-16)12-7-5-6-8-13(12)18-14/h5-8,10-11,18H,2-4,9H2,1H3. The summed E-state index contributed by atoms with van der Waals surface area (Å²) in [6.07, 6.45) is 6.77. The molecule has 2 aromatic heterocycles. The Morgan fingerprint density at radius 2 is 2.11 bits per heavy atom. The van der Waals surface area contributed by atoms with Gasteiger partial charge in [-0.3, -0.25) is 0 Å². The molecule has 0 saturated heterocycles. The zero-order chi connectivity index (χ0) is 13.1. The number of nitrogens with one attached hydrogen (secondary N) is 1. The second kappa shape index (κ2) is 5.57. The van der Waals surface area contributed by atoms with E-state index in [4.69, 9.17) is 0 Å². The van der Waals surface area contributed by atoms with Crippen molar-refractivity contribution < 1.29 is 0 Å². The molecule has 0 aliphatic heterocycles. The molecule has 3 rings (SSSR count). The highest BCUT2D eigenvalue weighted by atomic mass is 32.1. The van der Waals surface area contributed by atoms with E-state index in [2.05, 4.69) is 41.2 Å². The van der Waals surface area contributed by atoms with Crippen molar-refractivity contribution in [3.63, 3.8) is 0 Å². The average Bonchev–Trinajstić information content (AvgIpc) is 3.04. The molecule has 1 N–H and O–H groups in total. The predicted octanol–water partition coefficient (Wildman–Crippen LogP) is 5.02. The van der Waals surface area contributed by atoms with Gasteiger partial charge in [-0.1, -0.05) is 38.0 Å². The summed E-state index contributed by atoms with van der Waals surface area (Å²) in [7, 11) is 0. The molecular weight excluding hydrogens is 252 g/mol. The maximum atomic E-state index is 4.50. The zero-order valence-electron chi connectivity index (χ0n) is 11.1. The van der Waals surface area contributed by atoms with Crippen LogP contribution >= 0.6 is 11.3 Å². The molecule has 0 bridgehead atoms. The molecule has 2 nitrogen and oxygen atoms in total. The summed E-state index contributed by atoms with van der Waals surface area (Å²) in [5.41, 5.74) is 3.87. The Morgan fingerprint density at radius 1 is 1.21 bits per heavy atom. The monoisotopic (exact) mass is 270 g/mol. The number of aromatic nitrogens is 2. The first kappa shape index (κ1) is 12.4. The van der Waals surface area contributed by atoms with Gasteiger partial charge in [0.05, 0.1) is 0 Å². The van der Waals surface area contributed by atoms with Gasteiger partial charge in [-0.05, 0) is 18.9 Å². The van der Waals surface area contributed by atoms with Gasteiger partial charge in [0.15, 0.2) is 0 Å². The SMILES string of the molecule is CCCCCc1[nH]c2ccccc2c1-c1nccs1. The van der Waals surface area contributed by atoms with E-state index in [1.54, 1.807) is 11.3 Å². The highest BCUT2D eigenvalue weighted by Gasteiger charge is 2.14. The van der Waals surface area contributed by atoms with Crippen molar-refractivity contribution in [2.75, 3.05) is 0 Å². The van der Waals surface area contributed by atoms with E-state index < -0.39 is 0 Å². The highest BCUT2D eigenvalue weighted by Crippen LogP contribution is 2.34. The van der Waals surface area contributed by atoms with Gasteiger partial charge in [0.25, 0.3) is 0 Å². The number of nitrogens with zero attached hydrogens (tertiary/aromatic N) is 1. The summed E-state index contributed by atoms with van der Waals surface area (Å²) in [5, 5.41) is 4.47. The Morgan fingerprint density at radius 3 is 2.89 bits per heavy atom. The van der Waals surface area contributed by atoms with Gasteiger partial charge in [-0.2, -0.15) is 0 Å². The molecule has 3 heteroatoms. The van der Waals surface area contributed by atoms with Crippen molar-refractivity contribution in [3.05, 3.63) is 41.5 Å². The lowest BCUT2D eigenvalue weighted by atomic mass is 10.1. The normalized spacial score (nSPS) is 11.2. The molecule has 0 unspecified atom stereocenters. The fraction of sp³-hybridized carbons (Fsp3) is 0.312. The van der Waals surface area contributed by atoms with Crippen LogP contribution in [-0.2, 0) is 6.42 Å². The first-order valence-corrected chi connectivity index (χ1v) is 7.77. The molecule has 0 atom stereocenters. The third-order valence-electron chi connectivity index (χ3n) is 3.46. The number of thiazole rings is 1. The molecule has 0 amide bonds. The molecule has 0 saturated carbocycles. The minimum Gasteiger partial charge on any atom is -0.358 e. The Labute approximate surface area is 117 Å². The number of hydrogen-bond donors (Lipinski definition) is 1. The largest absolute Gasteiger partial charge is 0.358 e. The topological polar surface area (TPSA) is 28.7 Å². The Hall–Kier alpha value is -1.61. The first-order valence-electron chi connectivity index (χ1n) is 6.89. The van der Waals surface area contributed by atoms with E-state index in [-0.39, 0.29) is 0 Å². The summed E-state index contributed by atoms with van der Waals surface area (Å²) in [4.78, 5) is 8.07. The maximum absolute atomic E-state index is 4.50. The quantitative estimate of drug-likeness (QED) is 0.648. The number of unbranched alkanes of at least 4 members (excludes halogenated alkanes) is 2. The van der Waals surface area contributed by atoms with Gasteiger partial charge in [0.1, 0.15) is 5.01 Å². The minimum absolute atomic E-state index is 1.11. The number of aromatic amines is 1. The van der Waals surface area contributed by atoms with Crippen LogP contribution in [0.25, 0.3) is 21.5 Å². The second-order valence-electron chi connectivity index (χ2n) is 4.82. The van der Waals surface area contributed by atoms with Crippen LogP contribution < -0.4 is 0 Å². The van der Waals surface area contributed by atoms with Crippen LogP contribution in [0.1, 0.15) is 31.9 Å². The lowest BCUT2D eigenvalue weighted by Crippen LogP contribution is -1.88. The predicted molar refractivity (Wildman–Crippen MR) is 82.6 cm³/mol. The number of para-hydroxylation sites is 1. The van der Waals surface area contributed by atoms with E-state index in [0.717, 1.165) is 11.4 Å². The van der Waals surface area contributed by atoms with Crippen molar-refractivity contribution in [2.45, 2.75) is 32.6 Å². The average molecular weight is 270 g/mol. The molecule has 0 radical (unpaired) electrons. The number of benzene rings is 1. The molecule has 0 aliphatic rings. The van der Waals surface area contributed by atoms with Crippen LogP contribution in [0.5, 0.6) is 0 Å². The van der Waals surface area contributed by atoms with Crippen LogP contribution in [0.3, 0.4) is 0 Å². The van der Waals surface area contributed by atoms with Crippen LogP contribution in [0.15, 0.2) is 35.8 Å². The van der Waals surface area contributed by atoms with E-state index in [9.17, 15) is 0 Å². The van der Waals surface area contributed by atoms with Crippen LogP contribution in [0.2, 0.25) is 0 Å². The van der Waals surface area contributed by atoms with Crippen molar-refractivity contribution >= 4 is 22.2 Å². The molecule has 1 aromatic carbocycles. The van der Waals surface area contributed by atoms with Gasteiger partial charge < -0.3 is 4.98 Å².